The first kappa shape index (κ1) is 17.4. The summed E-state index contributed by atoms with van der Waals surface area (Å²) in [5.74, 6) is 0.450. The number of hydrogen-bond acceptors (Lipinski definition) is 3. The maximum absolute atomic E-state index is 13.2. The molecule has 0 saturated heterocycles. The van der Waals surface area contributed by atoms with Crippen molar-refractivity contribution in [3.8, 4) is 22.4 Å². The van der Waals surface area contributed by atoms with Crippen molar-refractivity contribution in [1.82, 2.24) is 10.2 Å². The molecule has 3 aromatic carbocycles. The van der Waals surface area contributed by atoms with Gasteiger partial charge in [0.25, 0.3) is 0 Å². The van der Waals surface area contributed by atoms with Crippen molar-refractivity contribution in [2.45, 2.75) is 10.8 Å². The highest BCUT2D eigenvalue weighted by Crippen LogP contribution is 2.25. The monoisotopic (exact) mass is 372 g/mol. The van der Waals surface area contributed by atoms with Crippen LogP contribution in [0.4, 0.5) is 4.39 Å². The Balaban J connectivity index is 1.44. The van der Waals surface area contributed by atoms with Crippen LogP contribution >= 0.6 is 11.8 Å². The van der Waals surface area contributed by atoms with E-state index in [1.54, 1.807) is 23.9 Å². The molecular formula is C23H17FN2S. The number of nitrogens with zero attached hydrogens (tertiary/aromatic N) is 2. The maximum Gasteiger partial charge on any atom is 0.123 e. The molecule has 0 atom stereocenters. The average molecular weight is 372 g/mol. The van der Waals surface area contributed by atoms with Gasteiger partial charge in [0.1, 0.15) is 10.8 Å². The van der Waals surface area contributed by atoms with Gasteiger partial charge in [-0.05, 0) is 41.0 Å². The standard InChI is InChI=1S/C23H17FN2S/c24-21-8-4-5-17(15-21)16-27-23-14-13-22(25-26-23)20-11-9-19(10-12-20)18-6-2-1-3-7-18/h1-15H,16H2. The number of aromatic nitrogens is 2. The molecule has 1 heterocycles. The summed E-state index contributed by atoms with van der Waals surface area (Å²) in [5, 5.41) is 9.45. The highest BCUT2D eigenvalue weighted by Gasteiger charge is 2.04. The van der Waals surface area contributed by atoms with Gasteiger partial charge in [-0.2, -0.15) is 0 Å². The molecule has 4 rings (SSSR count). The summed E-state index contributed by atoms with van der Waals surface area (Å²) in [4.78, 5) is 0. The normalized spacial score (nSPS) is 10.7. The number of hydrogen-bond donors (Lipinski definition) is 0. The average Bonchev–Trinajstić information content (AvgIpc) is 2.74. The molecule has 0 unspecified atom stereocenters. The first-order valence-electron chi connectivity index (χ1n) is 8.65. The molecule has 0 radical (unpaired) electrons. The third-order valence-corrected chi connectivity index (χ3v) is 5.19. The molecule has 2 nitrogen and oxygen atoms in total. The van der Waals surface area contributed by atoms with Gasteiger partial charge >= 0.3 is 0 Å². The van der Waals surface area contributed by atoms with E-state index in [4.69, 9.17) is 0 Å². The van der Waals surface area contributed by atoms with Gasteiger partial charge in [-0.3, -0.25) is 0 Å². The van der Waals surface area contributed by atoms with Gasteiger partial charge in [0.05, 0.1) is 5.69 Å². The molecule has 0 fully saturated rings. The molecule has 0 bridgehead atoms. The summed E-state index contributed by atoms with van der Waals surface area (Å²) in [5.41, 5.74) is 5.17. The minimum atomic E-state index is -0.214. The number of benzene rings is 3. The van der Waals surface area contributed by atoms with Gasteiger partial charge < -0.3 is 0 Å². The molecule has 0 spiro atoms. The number of halogens is 1. The lowest BCUT2D eigenvalue weighted by Crippen LogP contribution is -1.90. The van der Waals surface area contributed by atoms with Crippen molar-refractivity contribution >= 4 is 11.8 Å². The molecule has 0 N–H and O–H groups in total. The topological polar surface area (TPSA) is 25.8 Å². The highest BCUT2D eigenvalue weighted by molar-refractivity contribution is 7.98. The van der Waals surface area contributed by atoms with E-state index in [0.717, 1.165) is 21.8 Å². The third-order valence-electron chi connectivity index (χ3n) is 4.20. The van der Waals surface area contributed by atoms with Crippen LogP contribution in [-0.2, 0) is 5.75 Å². The van der Waals surface area contributed by atoms with Crippen LogP contribution in [0.5, 0.6) is 0 Å². The second-order valence-corrected chi connectivity index (χ2v) is 7.11. The van der Waals surface area contributed by atoms with Gasteiger partial charge in [0, 0.05) is 11.3 Å². The van der Waals surface area contributed by atoms with Crippen LogP contribution in [0.1, 0.15) is 5.56 Å². The second-order valence-electron chi connectivity index (χ2n) is 6.12. The van der Waals surface area contributed by atoms with E-state index < -0.39 is 0 Å². The minimum Gasteiger partial charge on any atom is -0.207 e. The maximum atomic E-state index is 13.2. The van der Waals surface area contributed by atoms with Gasteiger partial charge in [0.2, 0.25) is 0 Å². The first-order valence-corrected chi connectivity index (χ1v) is 9.63. The molecule has 132 valence electrons. The zero-order chi connectivity index (χ0) is 18.5. The van der Waals surface area contributed by atoms with Crippen LogP contribution < -0.4 is 0 Å². The first-order chi connectivity index (χ1) is 13.3. The predicted molar refractivity (Wildman–Crippen MR) is 109 cm³/mol. The van der Waals surface area contributed by atoms with E-state index in [0.29, 0.717) is 5.75 Å². The molecule has 27 heavy (non-hydrogen) atoms. The van der Waals surface area contributed by atoms with Crippen molar-refractivity contribution in [3.05, 3.63) is 102 Å². The lowest BCUT2D eigenvalue weighted by molar-refractivity contribution is 0.626. The van der Waals surface area contributed by atoms with E-state index in [9.17, 15) is 4.39 Å². The SMILES string of the molecule is Fc1cccc(CSc2ccc(-c3ccc(-c4ccccc4)cc3)nn2)c1. The van der Waals surface area contributed by atoms with E-state index in [-0.39, 0.29) is 5.82 Å². The van der Waals surface area contributed by atoms with Crippen molar-refractivity contribution in [2.75, 3.05) is 0 Å². The summed E-state index contributed by atoms with van der Waals surface area (Å²) in [6.45, 7) is 0. The summed E-state index contributed by atoms with van der Waals surface area (Å²) in [6, 6.07) is 29.1. The van der Waals surface area contributed by atoms with E-state index >= 15 is 0 Å². The molecule has 0 aliphatic rings. The van der Waals surface area contributed by atoms with Gasteiger partial charge in [-0.1, -0.05) is 78.5 Å². The Morgan fingerprint density at radius 3 is 2.11 bits per heavy atom. The molecule has 0 amide bonds. The Hall–Kier alpha value is -2.98. The lowest BCUT2D eigenvalue weighted by Gasteiger charge is -2.05. The van der Waals surface area contributed by atoms with Crippen molar-refractivity contribution in [1.29, 1.82) is 0 Å². The van der Waals surface area contributed by atoms with Crippen LogP contribution in [0.15, 0.2) is 96.0 Å². The van der Waals surface area contributed by atoms with Gasteiger partial charge in [0.15, 0.2) is 0 Å². The van der Waals surface area contributed by atoms with Crippen LogP contribution in [0.25, 0.3) is 22.4 Å². The van der Waals surface area contributed by atoms with Crippen molar-refractivity contribution in [3.63, 3.8) is 0 Å². The molecule has 4 heteroatoms. The summed E-state index contributed by atoms with van der Waals surface area (Å²) < 4.78 is 13.2. The van der Waals surface area contributed by atoms with Gasteiger partial charge in [-0.15, -0.1) is 10.2 Å². The molecule has 1 aromatic heterocycles. The third kappa shape index (κ3) is 4.41. The molecule has 0 aliphatic carbocycles. The van der Waals surface area contributed by atoms with Crippen molar-refractivity contribution in [2.24, 2.45) is 0 Å². The smallest absolute Gasteiger partial charge is 0.123 e. The summed E-state index contributed by atoms with van der Waals surface area (Å²) in [6.07, 6.45) is 0. The fourth-order valence-corrected chi connectivity index (χ4v) is 3.56. The van der Waals surface area contributed by atoms with Crippen LogP contribution in [0.2, 0.25) is 0 Å². The largest absolute Gasteiger partial charge is 0.207 e. The summed E-state index contributed by atoms with van der Waals surface area (Å²) >= 11 is 1.55. The number of rotatable bonds is 5. The van der Waals surface area contributed by atoms with Crippen LogP contribution in [0, 0.1) is 5.82 Å². The fraction of sp³-hybridized carbons (Fsp3) is 0.0435. The second kappa shape index (κ2) is 8.14. The van der Waals surface area contributed by atoms with Gasteiger partial charge in [-0.25, -0.2) is 4.39 Å². The van der Waals surface area contributed by atoms with Crippen LogP contribution in [-0.4, -0.2) is 10.2 Å². The Bertz CT molecular complexity index is 1020. The number of thioether (sulfide) groups is 1. The van der Waals surface area contributed by atoms with Crippen LogP contribution in [0.3, 0.4) is 0 Å². The lowest BCUT2D eigenvalue weighted by atomic mass is 10.0. The van der Waals surface area contributed by atoms with E-state index in [1.165, 1.54) is 17.2 Å². The molecule has 4 aromatic rings. The minimum absolute atomic E-state index is 0.214. The van der Waals surface area contributed by atoms with E-state index in [2.05, 4.69) is 46.6 Å². The Morgan fingerprint density at radius 1 is 0.667 bits per heavy atom. The molecule has 0 aliphatic heterocycles. The summed E-state index contributed by atoms with van der Waals surface area (Å²) in [7, 11) is 0. The Labute approximate surface area is 162 Å². The van der Waals surface area contributed by atoms with Crippen molar-refractivity contribution < 1.29 is 4.39 Å². The highest BCUT2D eigenvalue weighted by atomic mass is 32.2. The molecular weight excluding hydrogens is 355 g/mol. The Morgan fingerprint density at radius 2 is 1.41 bits per heavy atom. The molecule has 0 saturated carbocycles. The van der Waals surface area contributed by atoms with E-state index in [1.807, 2.05) is 36.4 Å². The Kier molecular flexibility index (Phi) is 5.26. The quantitative estimate of drug-likeness (QED) is 0.388. The predicted octanol–water partition coefficient (Wildman–Crippen LogP) is 6.24. The fourth-order valence-electron chi connectivity index (χ4n) is 2.80. The zero-order valence-electron chi connectivity index (χ0n) is 14.5. The zero-order valence-corrected chi connectivity index (χ0v) is 15.4.